The highest BCUT2D eigenvalue weighted by atomic mass is 15.1. The minimum Gasteiger partial charge on any atom is -0.335 e. The molecule has 0 amide bonds. The lowest BCUT2D eigenvalue weighted by atomic mass is 9.99. The van der Waals surface area contributed by atoms with Gasteiger partial charge in [0, 0.05) is 31.4 Å². The monoisotopic (exact) mass is 257 g/mol. The van der Waals surface area contributed by atoms with Crippen LogP contribution in [0.15, 0.2) is 30.6 Å². The van der Waals surface area contributed by atoms with Crippen LogP contribution in [0.2, 0.25) is 0 Å². The fourth-order valence-electron chi connectivity index (χ4n) is 2.60. The van der Waals surface area contributed by atoms with Crippen molar-refractivity contribution in [2.45, 2.75) is 39.8 Å². The van der Waals surface area contributed by atoms with E-state index in [2.05, 4.69) is 53.8 Å². The summed E-state index contributed by atoms with van der Waals surface area (Å²) in [6.07, 6.45) is 4.84. The van der Waals surface area contributed by atoms with E-state index in [0.29, 0.717) is 6.04 Å². The summed E-state index contributed by atoms with van der Waals surface area (Å²) in [7, 11) is 2.02. The molecular formula is C16H23N3. The smallest absolute Gasteiger partial charge is 0.110 e. The number of rotatable bonds is 5. The van der Waals surface area contributed by atoms with Crippen LogP contribution in [0, 0.1) is 13.8 Å². The Hall–Kier alpha value is -1.61. The molecule has 1 atom stereocenters. The second-order valence-electron chi connectivity index (χ2n) is 5.10. The summed E-state index contributed by atoms with van der Waals surface area (Å²) in [6, 6.07) is 7.04. The van der Waals surface area contributed by atoms with Crippen molar-refractivity contribution < 1.29 is 0 Å². The molecule has 102 valence electrons. The maximum Gasteiger partial charge on any atom is 0.110 e. The molecule has 0 bridgehead atoms. The summed E-state index contributed by atoms with van der Waals surface area (Å²) in [4.78, 5) is 4.47. The normalized spacial score (nSPS) is 12.6. The van der Waals surface area contributed by atoms with Crippen molar-refractivity contribution in [3.05, 3.63) is 53.1 Å². The maximum absolute atomic E-state index is 4.47. The molecule has 0 aliphatic heterocycles. The first-order chi connectivity index (χ1) is 9.13. The number of nitrogens with zero attached hydrogens (tertiary/aromatic N) is 2. The number of nitrogens with one attached hydrogen (secondary N) is 1. The highest BCUT2D eigenvalue weighted by Gasteiger charge is 2.13. The number of likely N-dealkylation sites (N-methyl/N-ethyl adjacent to an activating group) is 1. The topological polar surface area (TPSA) is 29.9 Å². The van der Waals surface area contributed by atoms with Crippen LogP contribution < -0.4 is 5.32 Å². The van der Waals surface area contributed by atoms with E-state index in [1.165, 1.54) is 16.7 Å². The molecule has 1 aromatic heterocycles. The fourth-order valence-corrected chi connectivity index (χ4v) is 2.60. The van der Waals surface area contributed by atoms with Crippen molar-refractivity contribution in [3.8, 4) is 0 Å². The molecule has 0 radical (unpaired) electrons. The van der Waals surface area contributed by atoms with Crippen LogP contribution in [0.5, 0.6) is 0 Å². The van der Waals surface area contributed by atoms with Crippen LogP contribution in [-0.4, -0.2) is 16.6 Å². The van der Waals surface area contributed by atoms with E-state index in [1.54, 1.807) is 0 Å². The van der Waals surface area contributed by atoms with Gasteiger partial charge in [-0.2, -0.15) is 0 Å². The second kappa shape index (κ2) is 6.02. The molecule has 2 aromatic rings. The Labute approximate surface area is 115 Å². The van der Waals surface area contributed by atoms with Gasteiger partial charge in [-0.3, -0.25) is 0 Å². The van der Waals surface area contributed by atoms with Crippen molar-refractivity contribution >= 4 is 0 Å². The van der Waals surface area contributed by atoms with Gasteiger partial charge >= 0.3 is 0 Å². The zero-order valence-electron chi connectivity index (χ0n) is 12.3. The summed E-state index contributed by atoms with van der Waals surface area (Å²) < 4.78 is 2.20. The van der Waals surface area contributed by atoms with Crippen LogP contribution in [0.1, 0.15) is 35.5 Å². The average Bonchev–Trinajstić information content (AvgIpc) is 2.81. The lowest BCUT2D eigenvalue weighted by Gasteiger charge is -2.18. The standard InChI is InChI=1S/C16H23N3/c1-5-19-7-6-18-16(19)11-15(17-4)14-9-12(2)8-13(3)10-14/h6-10,15,17H,5,11H2,1-4H3. The van der Waals surface area contributed by atoms with Crippen LogP contribution in [0.4, 0.5) is 0 Å². The molecule has 19 heavy (non-hydrogen) atoms. The molecule has 3 nitrogen and oxygen atoms in total. The van der Waals surface area contributed by atoms with Crippen LogP contribution in [-0.2, 0) is 13.0 Å². The molecule has 0 spiro atoms. The molecule has 2 rings (SSSR count). The van der Waals surface area contributed by atoms with Gasteiger partial charge in [-0.1, -0.05) is 29.3 Å². The van der Waals surface area contributed by atoms with Crippen LogP contribution >= 0.6 is 0 Å². The van der Waals surface area contributed by atoms with Gasteiger partial charge in [0.2, 0.25) is 0 Å². The third kappa shape index (κ3) is 3.24. The summed E-state index contributed by atoms with van der Waals surface area (Å²) in [5, 5.41) is 3.41. The Bertz CT molecular complexity index is 522. The molecule has 1 heterocycles. The number of hydrogen-bond acceptors (Lipinski definition) is 2. The molecule has 1 N–H and O–H groups in total. The molecule has 0 aliphatic rings. The lowest BCUT2D eigenvalue weighted by Crippen LogP contribution is -2.21. The molecule has 0 fully saturated rings. The molecular weight excluding hydrogens is 234 g/mol. The number of aromatic nitrogens is 2. The minimum atomic E-state index is 0.311. The van der Waals surface area contributed by atoms with E-state index in [4.69, 9.17) is 0 Å². The molecule has 1 aromatic carbocycles. The van der Waals surface area contributed by atoms with Gasteiger partial charge in [-0.25, -0.2) is 4.98 Å². The van der Waals surface area contributed by atoms with E-state index in [0.717, 1.165) is 18.8 Å². The molecule has 3 heteroatoms. The Morgan fingerprint density at radius 3 is 2.47 bits per heavy atom. The van der Waals surface area contributed by atoms with E-state index >= 15 is 0 Å². The summed E-state index contributed by atoms with van der Waals surface area (Å²) >= 11 is 0. The molecule has 0 saturated carbocycles. The van der Waals surface area contributed by atoms with Gasteiger partial charge in [0.1, 0.15) is 5.82 Å². The van der Waals surface area contributed by atoms with Crippen molar-refractivity contribution in [3.63, 3.8) is 0 Å². The van der Waals surface area contributed by atoms with Gasteiger partial charge in [-0.15, -0.1) is 0 Å². The lowest BCUT2D eigenvalue weighted by molar-refractivity contribution is 0.552. The van der Waals surface area contributed by atoms with E-state index in [1.807, 2.05) is 19.4 Å². The fraction of sp³-hybridized carbons (Fsp3) is 0.438. The third-order valence-electron chi connectivity index (χ3n) is 3.52. The van der Waals surface area contributed by atoms with Gasteiger partial charge in [0.25, 0.3) is 0 Å². The van der Waals surface area contributed by atoms with Gasteiger partial charge < -0.3 is 9.88 Å². The predicted molar refractivity (Wildman–Crippen MR) is 79.3 cm³/mol. The van der Waals surface area contributed by atoms with Crippen molar-refractivity contribution in [2.24, 2.45) is 0 Å². The van der Waals surface area contributed by atoms with E-state index in [-0.39, 0.29) is 0 Å². The quantitative estimate of drug-likeness (QED) is 0.892. The van der Waals surface area contributed by atoms with Crippen molar-refractivity contribution in [2.75, 3.05) is 7.05 Å². The van der Waals surface area contributed by atoms with E-state index < -0.39 is 0 Å². The zero-order chi connectivity index (χ0) is 13.8. The minimum absolute atomic E-state index is 0.311. The Balaban J connectivity index is 2.25. The molecule has 0 saturated heterocycles. The van der Waals surface area contributed by atoms with Crippen molar-refractivity contribution in [1.29, 1.82) is 0 Å². The van der Waals surface area contributed by atoms with Crippen LogP contribution in [0.25, 0.3) is 0 Å². The summed E-state index contributed by atoms with van der Waals surface area (Å²) in [5.41, 5.74) is 3.97. The van der Waals surface area contributed by atoms with Gasteiger partial charge in [-0.05, 0) is 33.4 Å². The Kier molecular flexibility index (Phi) is 4.38. The zero-order valence-corrected chi connectivity index (χ0v) is 12.3. The van der Waals surface area contributed by atoms with Gasteiger partial charge in [0.05, 0.1) is 0 Å². The molecule has 0 aliphatic carbocycles. The Morgan fingerprint density at radius 1 is 1.21 bits per heavy atom. The van der Waals surface area contributed by atoms with E-state index in [9.17, 15) is 0 Å². The number of aryl methyl sites for hydroxylation is 3. The Morgan fingerprint density at radius 2 is 1.89 bits per heavy atom. The first-order valence-electron chi connectivity index (χ1n) is 6.89. The highest BCUT2D eigenvalue weighted by Crippen LogP contribution is 2.20. The maximum atomic E-state index is 4.47. The average molecular weight is 257 g/mol. The SMILES string of the molecule is CCn1ccnc1CC(NC)c1cc(C)cc(C)c1. The molecule has 1 unspecified atom stereocenters. The van der Waals surface area contributed by atoms with Crippen molar-refractivity contribution in [1.82, 2.24) is 14.9 Å². The second-order valence-corrected chi connectivity index (χ2v) is 5.10. The first kappa shape index (κ1) is 13.8. The van der Waals surface area contributed by atoms with Crippen LogP contribution in [0.3, 0.4) is 0 Å². The third-order valence-corrected chi connectivity index (χ3v) is 3.52. The summed E-state index contributed by atoms with van der Waals surface area (Å²) in [5.74, 6) is 1.14. The largest absolute Gasteiger partial charge is 0.335 e. The number of hydrogen-bond donors (Lipinski definition) is 1. The number of imidazole rings is 1. The first-order valence-corrected chi connectivity index (χ1v) is 6.89. The highest BCUT2D eigenvalue weighted by molar-refractivity contribution is 5.31. The predicted octanol–water partition coefficient (Wildman–Crippen LogP) is 3.02. The number of benzene rings is 1. The van der Waals surface area contributed by atoms with Gasteiger partial charge in [0.15, 0.2) is 0 Å². The summed E-state index contributed by atoms with van der Waals surface area (Å²) in [6.45, 7) is 7.42.